The van der Waals surface area contributed by atoms with E-state index in [1.165, 1.54) is 13.0 Å². The van der Waals surface area contributed by atoms with Crippen LogP contribution in [0.4, 0.5) is 24.5 Å². The number of nitrogens with one attached hydrogen (secondary N) is 2. The first-order valence-electron chi connectivity index (χ1n) is 16.2. The van der Waals surface area contributed by atoms with Gasteiger partial charge in [-0.25, -0.2) is 0 Å². The lowest BCUT2D eigenvalue weighted by Crippen LogP contribution is -2.43. The molecule has 2 fully saturated rings. The number of hydrogen-bond donors (Lipinski definition) is 4. The van der Waals surface area contributed by atoms with Crippen LogP contribution in [0, 0.1) is 16.2 Å². The van der Waals surface area contributed by atoms with Crippen LogP contribution in [-0.4, -0.2) is 83.4 Å². The van der Waals surface area contributed by atoms with Gasteiger partial charge in [-0.3, -0.25) is 35.7 Å². The van der Waals surface area contributed by atoms with Gasteiger partial charge in [0.2, 0.25) is 23.4 Å². The highest BCUT2D eigenvalue weighted by Gasteiger charge is 2.51. The van der Waals surface area contributed by atoms with Gasteiger partial charge >= 0.3 is 6.18 Å². The topological polar surface area (TPSA) is 165 Å². The van der Waals surface area contributed by atoms with Crippen LogP contribution in [0.1, 0.15) is 54.1 Å². The van der Waals surface area contributed by atoms with Crippen molar-refractivity contribution in [3.05, 3.63) is 94.8 Å². The van der Waals surface area contributed by atoms with Crippen molar-refractivity contribution < 1.29 is 32.9 Å². The fourth-order valence-electron chi connectivity index (χ4n) is 6.89. The molecular formula is C36H38F3N8O3+. The first-order valence-corrected chi connectivity index (χ1v) is 16.2. The lowest BCUT2D eigenvalue weighted by atomic mass is 9.85. The molecule has 0 saturated carbocycles. The number of ether oxygens (including phenoxy) is 1. The Balaban J connectivity index is 1.06. The number of aromatic nitrogens is 1. The second-order valence-corrected chi connectivity index (χ2v) is 12.9. The zero-order valence-electron chi connectivity index (χ0n) is 27.5. The zero-order valence-corrected chi connectivity index (χ0v) is 27.5. The SMILES string of the molecule is CC(=N)OC(=N)c1ccc(C2=CCN(C(=O)CN3CC[C@]4(CCN(c5ccc(N)c(C(=[NH2+])c6ccnc(C(F)(F)F)c6)c5)C4=O)C3)CC2)cc1. The Morgan fingerprint density at radius 1 is 1.04 bits per heavy atom. The molecule has 1 aromatic heterocycles. The van der Waals surface area contributed by atoms with E-state index in [1.54, 1.807) is 35.2 Å². The number of pyridine rings is 1. The molecule has 3 aliphatic heterocycles. The molecule has 2 amide bonds. The molecule has 4 heterocycles. The summed E-state index contributed by atoms with van der Waals surface area (Å²) in [6.45, 7) is 4.25. The molecule has 11 nitrogen and oxygen atoms in total. The largest absolute Gasteiger partial charge is 0.433 e. The van der Waals surface area contributed by atoms with Gasteiger partial charge in [-0.05, 0) is 79.4 Å². The van der Waals surface area contributed by atoms with Crippen LogP contribution < -0.4 is 16.0 Å². The van der Waals surface area contributed by atoms with Gasteiger partial charge in [0, 0.05) is 61.8 Å². The molecule has 50 heavy (non-hydrogen) atoms. The highest BCUT2D eigenvalue weighted by molar-refractivity contribution is 6.13. The average molecular weight is 688 g/mol. The maximum absolute atomic E-state index is 13.9. The Bertz CT molecular complexity index is 1910. The summed E-state index contributed by atoms with van der Waals surface area (Å²) in [4.78, 5) is 36.1. The Kier molecular flexibility index (Phi) is 9.31. The number of likely N-dealkylation sites (tertiary alicyclic amines) is 1. The number of alkyl halides is 3. The quantitative estimate of drug-likeness (QED) is 0.169. The summed E-state index contributed by atoms with van der Waals surface area (Å²) >= 11 is 0. The van der Waals surface area contributed by atoms with E-state index in [-0.39, 0.29) is 47.1 Å². The number of carbonyl (C=O) groups excluding carboxylic acids is 2. The van der Waals surface area contributed by atoms with E-state index in [2.05, 4.69) is 4.98 Å². The highest BCUT2D eigenvalue weighted by atomic mass is 19.4. The fraction of sp³-hybridized carbons (Fsp3) is 0.333. The van der Waals surface area contributed by atoms with Crippen LogP contribution in [0.15, 0.2) is 66.9 Å². The summed E-state index contributed by atoms with van der Waals surface area (Å²) in [5.74, 6) is -0.187. The summed E-state index contributed by atoms with van der Waals surface area (Å²) in [6.07, 6.45) is 0.364. The molecule has 2 saturated heterocycles. The lowest BCUT2D eigenvalue weighted by molar-refractivity contribution is -0.141. The van der Waals surface area contributed by atoms with Gasteiger partial charge in [-0.2, -0.15) is 13.2 Å². The standard InChI is InChI=1S/C36H37F3N8O3/c1-22(40)50-33(43)25-4-2-23(3-5-25)24-9-14-46(15-10-24)31(48)20-45-16-11-35(21-45)12-17-47(34(35)49)27-6-7-29(41)28(19-27)32(42)26-8-13-44-30(18-26)36(37,38)39/h2-9,13,18-19,40,42-43H,10-12,14-17,20-21,41H2,1H3/p+1/t35-/m0/s1. The smallest absolute Gasteiger partial charge is 0.426 e. The molecule has 260 valence electrons. The summed E-state index contributed by atoms with van der Waals surface area (Å²) in [7, 11) is 0. The van der Waals surface area contributed by atoms with Crippen molar-refractivity contribution in [3.63, 3.8) is 0 Å². The van der Waals surface area contributed by atoms with Gasteiger partial charge in [0.05, 0.1) is 17.5 Å². The number of amides is 2. The zero-order chi connectivity index (χ0) is 35.8. The van der Waals surface area contributed by atoms with Gasteiger partial charge in [0.25, 0.3) is 0 Å². The van der Waals surface area contributed by atoms with E-state index in [0.717, 1.165) is 23.4 Å². The fourth-order valence-corrected chi connectivity index (χ4v) is 6.89. The molecule has 2 aromatic carbocycles. The third-order valence-electron chi connectivity index (χ3n) is 9.64. The number of rotatable bonds is 7. The molecule has 14 heteroatoms. The number of nitrogens with two attached hydrogens (primary N) is 2. The number of anilines is 2. The van der Waals surface area contributed by atoms with Crippen molar-refractivity contribution in [3.8, 4) is 0 Å². The summed E-state index contributed by atoms with van der Waals surface area (Å²) < 4.78 is 44.9. The maximum atomic E-state index is 13.9. The van der Waals surface area contributed by atoms with Crippen LogP contribution in [-0.2, 0) is 20.5 Å². The highest BCUT2D eigenvalue weighted by Crippen LogP contribution is 2.43. The van der Waals surface area contributed by atoms with E-state index < -0.39 is 17.3 Å². The normalized spacial score (nSPS) is 19.5. The summed E-state index contributed by atoms with van der Waals surface area (Å²) in [6, 6.07) is 14.6. The molecule has 0 bridgehead atoms. The molecule has 0 aliphatic carbocycles. The van der Waals surface area contributed by atoms with Crippen LogP contribution in [0.25, 0.3) is 5.57 Å². The number of hydrogen-bond acceptors (Lipinski definition) is 8. The van der Waals surface area contributed by atoms with Gasteiger partial charge in [0.1, 0.15) is 5.69 Å². The van der Waals surface area contributed by atoms with E-state index in [0.29, 0.717) is 68.8 Å². The minimum absolute atomic E-state index is 0.00147. The number of nitrogen functional groups attached to an aromatic ring is 1. The number of nitrogens with zero attached hydrogens (tertiary/aromatic N) is 4. The maximum Gasteiger partial charge on any atom is 0.433 e. The second-order valence-electron chi connectivity index (χ2n) is 12.9. The predicted octanol–water partition coefficient (Wildman–Crippen LogP) is 3.36. The lowest BCUT2D eigenvalue weighted by Gasteiger charge is -2.29. The summed E-state index contributed by atoms with van der Waals surface area (Å²) in [5.41, 5.74) is 8.50. The Labute approximate surface area is 287 Å². The van der Waals surface area contributed by atoms with Crippen LogP contribution in [0.5, 0.6) is 0 Å². The molecule has 1 spiro atoms. The first kappa shape index (κ1) is 34.5. The van der Waals surface area contributed by atoms with Crippen LogP contribution in [0.3, 0.4) is 0 Å². The molecule has 0 unspecified atom stereocenters. The average Bonchev–Trinajstić information content (AvgIpc) is 3.65. The van der Waals surface area contributed by atoms with E-state index in [9.17, 15) is 22.8 Å². The minimum Gasteiger partial charge on any atom is -0.426 e. The second kappa shape index (κ2) is 13.5. The molecule has 6 rings (SSSR count). The molecule has 3 aliphatic rings. The van der Waals surface area contributed by atoms with Gasteiger partial charge in [0.15, 0.2) is 5.90 Å². The third kappa shape index (κ3) is 7.01. The van der Waals surface area contributed by atoms with Crippen molar-refractivity contribution in [2.75, 3.05) is 49.9 Å². The minimum atomic E-state index is -4.63. The van der Waals surface area contributed by atoms with Crippen LogP contribution >= 0.6 is 0 Å². The number of halogens is 3. The molecule has 0 radical (unpaired) electrons. The Morgan fingerprint density at radius 2 is 1.78 bits per heavy atom. The van der Waals surface area contributed by atoms with Crippen molar-refractivity contribution in [1.82, 2.24) is 14.8 Å². The number of carbonyl (C=O) groups is 2. The third-order valence-corrected chi connectivity index (χ3v) is 9.64. The van der Waals surface area contributed by atoms with Crippen molar-refractivity contribution >= 4 is 46.3 Å². The molecule has 1 atom stereocenters. The van der Waals surface area contributed by atoms with E-state index in [4.69, 9.17) is 26.7 Å². The molecular weight excluding hydrogens is 649 g/mol. The predicted molar refractivity (Wildman–Crippen MR) is 183 cm³/mol. The van der Waals surface area contributed by atoms with Gasteiger partial charge in [-0.15, -0.1) is 0 Å². The monoisotopic (exact) mass is 687 g/mol. The van der Waals surface area contributed by atoms with Crippen molar-refractivity contribution in [2.45, 2.75) is 32.4 Å². The molecule has 3 aromatic rings. The Hall–Kier alpha value is -5.37. The van der Waals surface area contributed by atoms with Crippen LogP contribution in [0.2, 0.25) is 0 Å². The van der Waals surface area contributed by atoms with Crippen molar-refractivity contribution in [1.29, 1.82) is 10.8 Å². The Morgan fingerprint density at radius 3 is 2.46 bits per heavy atom. The molecule has 6 N–H and O–H groups in total. The van der Waals surface area contributed by atoms with Crippen molar-refractivity contribution in [2.24, 2.45) is 5.41 Å². The van der Waals surface area contributed by atoms with Gasteiger partial charge in [-0.1, -0.05) is 18.2 Å². The first-order chi connectivity index (χ1) is 23.7. The summed E-state index contributed by atoms with van der Waals surface area (Å²) in [5, 5.41) is 21.7. The van der Waals surface area contributed by atoms with E-state index in [1.807, 2.05) is 28.0 Å². The number of benzene rings is 2. The van der Waals surface area contributed by atoms with Gasteiger partial charge < -0.3 is 20.3 Å². The van der Waals surface area contributed by atoms with E-state index >= 15 is 0 Å².